The number of carbonyl (C=O) groups is 1. The second-order valence-electron chi connectivity index (χ2n) is 4.90. The first-order chi connectivity index (χ1) is 7.98. The lowest BCUT2D eigenvalue weighted by molar-refractivity contribution is -0.118. The number of hydrogen-bond donors (Lipinski definition) is 2. The van der Waals surface area contributed by atoms with Crippen LogP contribution in [0.2, 0.25) is 0 Å². The SMILES string of the molecule is Cc1cc(NC(=O)CC2(N)CCC2)ccc1Br. The summed E-state index contributed by atoms with van der Waals surface area (Å²) in [6, 6.07) is 5.78. The molecule has 0 bridgehead atoms. The van der Waals surface area contributed by atoms with Gasteiger partial charge in [-0.3, -0.25) is 4.79 Å². The number of halogens is 1. The Hall–Kier alpha value is -0.870. The molecule has 0 radical (unpaired) electrons. The smallest absolute Gasteiger partial charge is 0.226 e. The highest BCUT2D eigenvalue weighted by Crippen LogP contribution is 2.32. The quantitative estimate of drug-likeness (QED) is 0.901. The van der Waals surface area contributed by atoms with Crippen molar-refractivity contribution in [1.82, 2.24) is 0 Å². The van der Waals surface area contributed by atoms with E-state index in [0.717, 1.165) is 35.0 Å². The average molecular weight is 297 g/mol. The first kappa shape index (κ1) is 12.6. The number of hydrogen-bond acceptors (Lipinski definition) is 2. The zero-order valence-electron chi connectivity index (χ0n) is 9.92. The largest absolute Gasteiger partial charge is 0.326 e. The van der Waals surface area contributed by atoms with Gasteiger partial charge in [0.1, 0.15) is 0 Å². The molecular weight excluding hydrogens is 280 g/mol. The van der Waals surface area contributed by atoms with Crippen molar-refractivity contribution in [2.45, 2.75) is 38.1 Å². The van der Waals surface area contributed by atoms with Gasteiger partial charge in [0.2, 0.25) is 5.91 Å². The van der Waals surface area contributed by atoms with Crippen LogP contribution in [0.5, 0.6) is 0 Å². The molecule has 4 heteroatoms. The number of amides is 1. The number of anilines is 1. The summed E-state index contributed by atoms with van der Waals surface area (Å²) in [5.41, 5.74) is 7.73. The Morgan fingerprint density at radius 3 is 2.76 bits per heavy atom. The van der Waals surface area contributed by atoms with Crippen LogP contribution in [0.25, 0.3) is 0 Å². The maximum absolute atomic E-state index is 11.8. The maximum Gasteiger partial charge on any atom is 0.226 e. The molecule has 3 N–H and O–H groups in total. The van der Waals surface area contributed by atoms with Crippen LogP contribution in [0.15, 0.2) is 22.7 Å². The number of nitrogens with two attached hydrogens (primary N) is 1. The Labute approximate surface area is 110 Å². The highest BCUT2D eigenvalue weighted by molar-refractivity contribution is 9.10. The van der Waals surface area contributed by atoms with Gasteiger partial charge in [-0.2, -0.15) is 0 Å². The molecule has 1 fully saturated rings. The minimum Gasteiger partial charge on any atom is -0.326 e. The molecule has 17 heavy (non-hydrogen) atoms. The molecular formula is C13H17BrN2O. The van der Waals surface area contributed by atoms with E-state index >= 15 is 0 Å². The summed E-state index contributed by atoms with van der Waals surface area (Å²) in [5.74, 6) is 0.00826. The monoisotopic (exact) mass is 296 g/mol. The summed E-state index contributed by atoms with van der Waals surface area (Å²) >= 11 is 3.43. The molecule has 1 aliphatic rings. The van der Waals surface area contributed by atoms with Crippen LogP contribution in [-0.2, 0) is 4.79 Å². The van der Waals surface area contributed by atoms with E-state index in [4.69, 9.17) is 5.73 Å². The number of aryl methyl sites for hydroxylation is 1. The van der Waals surface area contributed by atoms with Crippen LogP contribution in [0, 0.1) is 6.92 Å². The lowest BCUT2D eigenvalue weighted by Crippen LogP contribution is -2.48. The van der Waals surface area contributed by atoms with E-state index < -0.39 is 0 Å². The van der Waals surface area contributed by atoms with Crippen LogP contribution in [0.3, 0.4) is 0 Å². The van der Waals surface area contributed by atoms with Gasteiger partial charge in [-0.05, 0) is 49.9 Å². The molecule has 0 spiro atoms. The van der Waals surface area contributed by atoms with Gasteiger partial charge in [0.25, 0.3) is 0 Å². The molecule has 92 valence electrons. The first-order valence-corrected chi connectivity index (χ1v) is 6.63. The van der Waals surface area contributed by atoms with E-state index in [2.05, 4.69) is 21.2 Å². The molecule has 2 rings (SSSR count). The van der Waals surface area contributed by atoms with Gasteiger partial charge in [0.15, 0.2) is 0 Å². The molecule has 0 unspecified atom stereocenters. The second kappa shape index (κ2) is 4.78. The molecule has 1 saturated carbocycles. The summed E-state index contributed by atoms with van der Waals surface area (Å²) in [6.45, 7) is 2.00. The van der Waals surface area contributed by atoms with Gasteiger partial charge in [0, 0.05) is 22.1 Å². The molecule has 1 aromatic rings. The maximum atomic E-state index is 11.8. The van der Waals surface area contributed by atoms with Crippen LogP contribution in [-0.4, -0.2) is 11.4 Å². The Bertz CT molecular complexity index is 441. The van der Waals surface area contributed by atoms with Crippen molar-refractivity contribution < 1.29 is 4.79 Å². The predicted octanol–water partition coefficient (Wildman–Crippen LogP) is 2.97. The Kier molecular flexibility index (Phi) is 3.54. The fraction of sp³-hybridized carbons (Fsp3) is 0.462. The zero-order valence-corrected chi connectivity index (χ0v) is 11.5. The molecule has 0 aliphatic heterocycles. The average Bonchev–Trinajstić information content (AvgIpc) is 2.21. The van der Waals surface area contributed by atoms with Crippen molar-refractivity contribution in [3.05, 3.63) is 28.2 Å². The molecule has 1 amide bonds. The summed E-state index contributed by atoms with van der Waals surface area (Å²) in [7, 11) is 0. The van der Waals surface area contributed by atoms with Gasteiger partial charge in [0.05, 0.1) is 0 Å². The normalized spacial score (nSPS) is 17.4. The topological polar surface area (TPSA) is 55.1 Å². The van der Waals surface area contributed by atoms with Gasteiger partial charge < -0.3 is 11.1 Å². The number of carbonyl (C=O) groups excluding carboxylic acids is 1. The van der Waals surface area contributed by atoms with Crippen molar-refractivity contribution in [2.24, 2.45) is 5.73 Å². The third kappa shape index (κ3) is 3.07. The second-order valence-corrected chi connectivity index (χ2v) is 5.76. The third-order valence-electron chi connectivity index (χ3n) is 3.30. The lowest BCUT2D eigenvalue weighted by Gasteiger charge is -2.37. The summed E-state index contributed by atoms with van der Waals surface area (Å²) in [6.07, 6.45) is 3.48. The van der Waals surface area contributed by atoms with E-state index in [1.54, 1.807) is 0 Å². The van der Waals surface area contributed by atoms with Crippen molar-refractivity contribution >= 4 is 27.5 Å². The number of rotatable bonds is 3. The lowest BCUT2D eigenvalue weighted by atomic mass is 9.75. The molecule has 3 nitrogen and oxygen atoms in total. The fourth-order valence-corrected chi connectivity index (χ4v) is 2.30. The van der Waals surface area contributed by atoms with E-state index in [-0.39, 0.29) is 11.4 Å². The highest BCUT2D eigenvalue weighted by atomic mass is 79.9. The van der Waals surface area contributed by atoms with Crippen LogP contribution in [0.4, 0.5) is 5.69 Å². The van der Waals surface area contributed by atoms with Crippen molar-refractivity contribution in [1.29, 1.82) is 0 Å². The van der Waals surface area contributed by atoms with Gasteiger partial charge in [-0.1, -0.05) is 15.9 Å². The zero-order chi connectivity index (χ0) is 12.5. The molecule has 0 atom stereocenters. The van der Waals surface area contributed by atoms with Gasteiger partial charge in [-0.15, -0.1) is 0 Å². The van der Waals surface area contributed by atoms with E-state index in [9.17, 15) is 4.79 Å². The third-order valence-corrected chi connectivity index (χ3v) is 4.19. The van der Waals surface area contributed by atoms with Crippen LogP contribution >= 0.6 is 15.9 Å². The minimum absolute atomic E-state index is 0.00826. The Balaban J connectivity index is 1.95. The van der Waals surface area contributed by atoms with E-state index in [1.165, 1.54) is 0 Å². The standard InChI is InChI=1S/C13H17BrN2O/c1-9-7-10(3-4-11(9)14)16-12(17)8-13(15)5-2-6-13/h3-4,7H,2,5-6,8,15H2,1H3,(H,16,17). The van der Waals surface area contributed by atoms with Crippen molar-refractivity contribution in [3.8, 4) is 0 Å². The Morgan fingerprint density at radius 2 is 2.24 bits per heavy atom. The minimum atomic E-state index is -0.255. The van der Waals surface area contributed by atoms with Crippen LogP contribution in [0.1, 0.15) is 31.2 Å². The molecule has 0 saturated heterocycles. The summed E-state index contributed by atoms with van der Waals surface area (Å²) in [5, 5.41) is 2.89. The van der Waals surface area contributed by atoms with Gasteiger partial charge in [-0.25, -0.2) is 0 Å². The number of benzene rings is 1. The molecule has 0 heterocycles. The highest BCUT2D eigenvalue weighted by Gasteiger charge is 2.34. The van der Waals surface area contributed by atoms with Crippen molar-refractivity contribution in [2.75, 3.05) is 5.32 Å². The van der Waals surface area contributed by atoms with Crippen LogP contribution < -0.4 is 11.1 Å². The Morgan fingerprint density at radius 1 is 1.53 bits per heavy atom. The van der Waals surface area contributed by atoms with Gasteiger partial charge >= 0.3 is 0 Å². The first-order valence-electron chi connectivity index (χ1n) is 5.83. The van der Waals surface area contributed by atoms with E-state index in [0.29, 0.717) is 6.42 Å². The molecule has 1 aliphatic carbocycles. The summed E-state index contributed by atoms with van der Waals surface area (Å²) in [4.78, 5) is 11.8. The van der Waals surface area contributed by atoms with Crippen molar-refractivity contribution in [3.63, 3.8) is 0 Å². The fourth-order valence-electron chi connectivity index (χ4n) is 2.06. The molecule has 1 aromatic carbocycles. The predicted molar refractivity (Wildman–Crippen MR) is 72.9 cm³/mol. The number of nitrogens with one attached hydrogen (secondary N) is 1. The van der Waals surface area contributed by atoms with E-state index in [1.807, 2.05) is 25.1 Å². The molecule has 0 aromatic heterocycles. The summed E-state index contributed by atoms with van der Waals surface area (Å²) < 4.78 is 1.05.